The fraction of sp³-hybridized carbons (Fsp3) is 0.138. The molecule has 0 radical (unpaired) electrons. The van der Waals surface area contributed by atoms with Crippen LogP contribution in [0.25, 0.3) is 21.9 Å². The molecule has 0 spiro atoms. The summed E-state index contributed by atoms with van der Waals surface area (Å²) < 4.78 is 0. The summed E-state index contributed by atoms with van der Waals surface area (Å²) in [5.41, 5.74) is 4.54. The second-order valence-electron chi connectivity index (χ2n) is 8.64. The molecule has 7 heteroatoms. The van der Waals surface area contributed by atoms with Crippen molar-refractivity contribution in [1.82, 2.24) is 4.90 Å². The molecule has 0 aromatic heterocycles. The van der Waals surface area contributed by atoms with Crippen LogP contribution in [0.1, 0.15) is 37.5 Å². The molecule has 4 aromatic rings. The van der Waals surface area contributed by atoms with Crippen molar-refractivity contribution in [2.24, 2.45) is 0 Å². The molecule has 36 heavy (non-hydrogen) atoms. The first-order valence-corrected chi connectivity index (χ1v) is 11.8. The molecule has 0 saturated heterocycles. The van der Waals surface area contributed by atoms with Gasteiger partial charge in [0.25, 0.3) is 11.8 Å². The molecular formula is C29H25N3O4. The lowest BCUT2D eigenvalue weighted by Gasteiger charge is -2.27. The summed E-state index contributed by atoms with van der Waals surface area (Å²) >= 11 is 0. The number of carbonyl (C=O) groups is 3. The van der Waals surface area contributed by atoms with Gasteiger partial charge in [-0.15, -0.1) is 0 Å². The number of hydrogen-bond acceptors (Lipinski definition) is 5. The summed E-state index contributed by atoms with van der Waals surface area (Å²) in [6.45, 7) is 0.908. The molecule has 4 aromatic carbocycles. The summed E-state index contributed by atoms with van der Waals surface area (Å²) in [4.78, 5) is 38.9. The lowest BCUT2D eigenvalue weighted by atomic mass is 9.94. The number of imide groups is 1. The molecule has 0 fully saturated rings. The Kier molecular flexibility index (Phi) is 6.12. The fourth-order valence-electron chi connectivity index (χ4n) is 4.65. The monoisotopic (exact) mass is 479 g/mol. The minimum absolute atomic E-state index is 0.220. The number of aromatic carboxylic acids is 1. The smallest absolute Gasteiger partial charge is 0.337 e. The normalized spacial score (nSPS) is 12.6. The van der Waals surface area contributed by atoms with Crippen LogP contribution in [0.2, 0.25) is 0 Å². The largest absolute Gasteiger partial charge is 0.478 e. The lowest BCUT2D eigenvalue weighted by molar-refractivity contribution is 0.0608. The maximum Gasteiger partial charge on any atom is 0.337 e. The Balaban J connectivity index is 1.21. The van der Waals surface area contributed by atoms with Crippen molar-refractivity contribution in [3.8, 4) is 11.1 Å². The first-order chi connectivity index (χ1) is 17.5. The summed E-state index contributed by atoms with van der Waals surface area (Å²) in [7, 11) is 1.69. The van der Waals surface area contributed by atoms with Crippen molar-refractivity contribution < 1.29 is 19.5 Å². The first-order valence-electron chi connectivity index (χ1n) is 11.8. The maximum atomic E-state index is 13.0. The summed E-state index contributed by atoms with van der Waals surface area (Å²) in [6, 6.07) is 24.1. The summed E-state index contributed by atoms with van der Waals surface area (Å²) in [5.74, 6) is -1.48. The fourth-order valence-corrected chi connectivity index (χ4v) is 4.65. The molecular weight excluding hydrogens is 454 g/mol. The van der Waals surface area contributed by atoms with Crippen LogP contribution in [0.5, 0.6) is 0 Å². The number of hydrogen-bond donors (Lipinski definition) is 3. The molecule has 7 nitrogen and oxygen atoms in total. The molecule has 0 aliphatic carbocycles. The Bertz CT molecular complexity index is 1440. The zero-order valence-electron chi connectivity index (χ0n) is 19.7. The number of nitrogens with zero attached hydrogens (tertiary/aromatic N) is 1. The molecule has 0 atom stereocenters. The topological polar surface area (TPSA) is 98.7 Å². The Morgan fingerprint density at radius 3 is 2.11 bits per heavy atom. The molecule has 1 aliphatic rings. The minimum atomic E-state index is -0.981. The van der Waals surface area contributed by atoms with Crippen LogP contribution in [0.4, 0.5) is 11.4 Å². The molecule has 3 N–H and O–H groups in total. The highest BCUT2D eigenvalue weighted by Crippen LogP contribution is 2.30. The van der Waals surface area contributed by atoms with Crippen LogP contribution in [0, 0.1) is 0 Å². The molecule has 0 bridgehead atoms. The third kappa shape index (κ3) is 4.15. The molecule has 0 unspecified atom stereocenters. The molecule has 1 heterocycles. The van der Waals surface area contributed by atoms with E-state index in [1.165, 1.54) is 4.90 Å². The highest BCUT2D eigenvalue weighted by molar-refractivity contribution is 6.25. The van der Waals surface area contributed by atoms with Crippen molar-refractivity contribution >= 4 is 39.9 Å². The standard InChI is InChI=1S/C29H25N3O4/c1-30-25-14-11-20(17-24(25)29(35)36)18-9-12-21(13-10-18)31-15-4-16-32-27(33)22-7-2-5-19-6-3-8-23(26(19)22)28(32)34/h2-3,5-14,17,30-31H,4,15-16H2,1H3,(H,35,36). The lowest BCUT2D eigenvalue weighted by Crippen LogP contribution is -2.41. The quantitative estimate of drug-likeness (QED) is 0.233. The number of amides is 2. The van der Waals surface area contributed by atoms with E-state index in [2.05, 4.69) is 10.6 Å². The minimum Gasteiger partial charge on any atom is -0.478 e. The van der Waals surface area contributed by atoms with Gasteiger partial charge in [0, 0.05) is 48.0 Å². The van der Waals surface area contributed by atoms with E-state index in [-0.39, 0.29) is 17.4 Å². The Morgan fingerprint density at radius 2 is 1.50 bits per heavy atom. The predicted octanol–water partition coefficient (Wildman–Crippen LogP) is 5.34. The van der Waals surface area contributed by atoms with Crippen molar-refractivity contribution in [2.75, 3.05) is 30.8 Å². The van der Waals surface area contributed by atoms with Crippen LogP contribution in [0.3, 0.4) is 0 Å². The number of rotatable bonds is 8. The van der Waals surface area contributed by atoms with Crippen LogP contribution < -0.4 is 10.6 Å². The van der Waals surface area contributed by atoms with Crippen LogP contribution in [-0.2, 0) is 0 Å². The van der Waals surface area contributed by atoms with Gasteiger partial charge in [0.15, 0.2) is 0 Å². The van der Waals surface area contributed by atoms with Crippen LogP contribution >= 0.6 is 0 Å². The number of carboxylic acids is 1. The van der Waals surface area contributed by atoms with E-state index < -0.39 is 5.97 Å². The Labute approximate surface area is 208 Å². The van der Waals surface area contributed by atoms with Gasteiger partial charge in [0.2, 0.25) is 0 Å². The Hall–Kier alpha value is -4.65. The summed E-state index contributed by atoms with van der Waals surface area (Å²) in [5, 5.41) is 17.3. The van der Waals surface area contributed by atoms with E-state index in [1.54, 1.807) is 31.3 Å². The van der Waals surface area contributed by atoms with Gasteiger partial charge in [-0.2, -0.15) is 0 Å². The van der Waals surface area contributed by atoms with Crippen LogP contribution in [-0.4, -0.2) is 47.9 Å². The zero-order chi connectivity index (χ0) is 25.2. The van der Waals surface area contributed by atoms with Gasteiger partial charge in [-0.05, 0) is 59.3 Å². The average molecular weight is 480 g/mol. The molecule has 180 valence electrons. The highest BCUT2D eigenvalue weighted by atomic mass is 16.4. The number of carbonyl (C=O) groups excluding carboxylic acids is 2. The number of carboxylic acid groups (broad SMARTS) is 1. The second-order valence-corrected chi connectivity index (χ2v) is 8.64. The van der Waals surface area contributed by atoms with Crippen molar-refractivity contribution in [3.05, 3.63) is 95.6 Å². The van der Waals surface area contributed by atoms with Gasteiger partial charge in [0.05, 0.1) is 5.56 Å². The van der Waals surface area contributed by atoms with E-state index in [4.69, 9.17) is 0 Å². The van der Waals surface area contributed by atoms with E-state index in [1.807, 2.05) is 54.6 Å². The van der Waals surface area contributed by atoms with Crippen molar-refractivity contribution in [1.29, 1.82) is 0 Å². The maximum absolute atomic E-state index is 13.0. The first kappa shape index (κ1) is 23.1. The van der Waals surface area contributed by atoms with Gasteiger partial charge >= 0.3 is 5.97 Å². The third-order valence-corrected chi connectivity index (χ3v) is 6.48. The van der Waals surface area contributed by atoms with Gasteiger partial charge in [-0.1, -0.05) is 42.5 Å². The van der Waals surface area contributed by atoms with Crippen LogP contribution in [0.15, 0.2) is 78.9 Å². The van der Waals surface area contributed by atoms with Gasteiger partial charge in [0.1, 0.15) is 0 Å². The number of benzene rings is 4. The van der Waals surface area contributed by atoms with Crippen molar-refractivity contribution in [2.45, 2.75) is 6.42 Å². The van der Waals surface area contributed by atoms with E-state index >= 15 is 0 Å². The average Bonchev–Trinajstić information content (AvgIpc) is 2.91. The van der Waals surface area contributed by atoms with Gasteiger partial charge in [-0.3, -0.25) is 14.5 Å². The van der Waals surface area contributed by atoms with Crippen molar-refractivity contribution in [3.63, 3.8) is 0 Å². The van der Waals surface area contributed by atoms with E-state index in [0.29, 0.717) is 36.3 Å². The highest BCUT2D eigenvalue weighted by Gasteiger charge is 2.32. The number of nitrogens with one attached hydrogen (secondary N) is 2. The molecule has 2 amide bonds. The number of anilines is 2. The molecule has 0 saturated carbocycles. The Morgan fingerprint density at radius 1 is 0.861 bits per heavy atom. The second kappa shape index (κ2) is 9.54. The van der Waals surface area contributed by atoms with E-state index in [0.717, 1.165) is 27.6 Å². The third-order valence-electron chi connectivity index (χ3n) is 6.48. The predicted molar refractivity (Wildman–Crippen MR) is 141 cm³/mol. The molecule has 1 aliphatic heterocycles. The summed E-state index contributed by atoms with van der Waals surface area (Å²) in [6.07, 6.45) is 0.602. The van der Waals surface area contributed by atoms with Gasteiger partial charge < -0.3 is 15.7 Å². The van der Waals surface area contributed by atoms with Gasteiger partial charge in [-0.25, -0.2) is 4.79 Å². The molecule has 5 rings (SSSR count). The van der Waals surface area contributed by atoms with E-state index in [9.17, 15) is 19.5 Å². The SMILES string of the molecule is CNc1ccc(-c2ccc(NCCCN3C(=O)c4cccc5cccc(c45)C3=O)cc2)cc1C(=O)O. The zero-order valence-corrected chi connectivity index (χ0v) is 19.7.